The van der Waals surface area contributed by atoms with Crippen LogP contribution in [0.5, 0.6) is 0 Å². The molecule has 132 valence electrons. The van der Waals surface area contributed by atoms with Crippen LogP contribution < -0.4 is 4.90 Å². The lowest BCUT2D eigenvalue weighted by Crippen LogP contribution is -2.59. The maximum Gasteiger partial charge on any atom is 0.147 e. The number of hydrogen-bond acceptors (Lipinski definition) is 6. The predicted octanol–water partition coefficient (Wildman–Crippen LogP) is 2.05. The molecule has 0 bridgehead atoms. The van der Waals surface area contributed by atoms with Gasteiger partial charge in [-0.25, -0.2) is 4.98 Å². The maximum absolute atomic E-state index is 6.30. The molecule has 4 heterocycles. The minimum Gasteiger partial charge on any atom is -0.370 e. The molecule has 0 saturated carbocycles. The zero-order chi connectivity index (χ0) is 17.1. The third-order valence-corrected chi connectivity index (χ3v) is 5.07. The first-order valence-corrected chi connectivity index (χ1v) is 9.02. The molecule has 2 saturated heterocycles. The monoisotopic (exact) mass is 339 g/mol. The molecule has 0 radical (unpaired) electrons. The summed E-state index contributed by atoms with van der Waals surface area (Å²) in [5.74, 6) is 0.947. The van der Waals surface area contributed by atoms with Crippen LogP contribution >= 0.6 is 0 Å². The fourth-order valence-electron chi connectivity index (χ4n) is 3.97. The Hall–Kier alpha value is -2.05. The van der Waals surface area contributed by atoms with Crippen LogP contribution in [-0.4, -0.2) is 58.2 Å². The van der Waals surface area contributed by atoms with Crippen molar-refractivity contribution in [1.29, 1.82) is 0 Å². The lowest BCUT2D eigenvalue weighted by atomic mass is 9.90. The molecule has 1 atom stereocenters. The van der Waals surface area contributed by atoms with Gasteiger partial charge < -0.3 is 9.64 Å². The highest BCUT2D eigenvalue weighted by atomic mass is 16.5. The standard InChI is InChI=1S/C19H25N5O/c1-16-4-2-5-17(22-16)13-23-10-11-25-19(14-23)6-3-9-24(15-19)18-12-20-7-8-21-18/h2,4-5,7-8,12H,3,6,9-11,13-15H2,1H3. The Balaban J connectivity index is 1.46. The molecule has 2 aromatic heterocycles. The average Bonchev–Trinajstić information content (AvgIpc) is 2.63. The second-order valence-corrected chi connectivity index (χ2v) is 7.10. The van der Waals surface area contributed by atoms with E-state index in [2.05, 4.69) is 36.9 Å². The van der Waals surface area contributed by atoms with E-state index in [9.17, 15) is 0 Å². The van der Waals surface area contributed by atoms with E-state index in [-0.39, 0.29) is 5.60 Å². The van der Waals surface area contributed by atoms with Crippen molar-refractivity contribution >= 4 is 5.82 Å². The fourth-order valence-corrected chi connectivity index (χ4v) is 3.97. The second kappa shape index (κ2) is 7.06. The summed E-state index contributed by atoms with van der Waals surface area (Å²) in [5.41, 5.74) is 2.10. The molecule has 2 aliphatic heterocycles. The third-order valence-electron chi connectivity index (χ3n) is 5.07. The summed E-state index contributed by atoms with van der Waals surface area (Å²) in [6, 6.07) is 6.25. The number of morpholine rings is 1. The van der Waals surface area contributed by atoms with Crippen molar-refractivity contribution in [1.82, 2.24) is 19.9 Å². The summed E-state index contributed by atoms with van der Waals surface area (Å²) in [7, 11) is 0. The number of rotatable bonds is 3. The zero-order valence-electron chi connectivity index (χ0n) is 14.8. The topological polar surface area (TPSA) is 54.4 Å². The molecule has 2 aromatic rings. The van der Waals surface area contributed by atoms with Crippen LogP contribution in [0.25, 0.3) is 0 Å². The Morgan fingerprint density at radius 2 is 2.16 bits per heavy atom. The van der Waals surface area contributed by atoms with Crippen LogP contribution in [0.4, 0.5) is 5.82 Å². The number of hydrogen-bond donors (Lipinski definition) is 0. The number of nitrogens with zero attached hydrogens (tertiary/aromatic N) is 5. The summed E-state index contributed by atoms with van der Waals surface area (Å²) in [5, 5.41) is 0. The summed E-state index contributed by atoms with van der Waals surface area (Å²) >= 11 is 0. The molecule has 6 heteroatoms. The van der Waals surface area contributed by atoms with Gasteiger partial charge >= 0.3 is 0 Å². The van der Waals surface area contributed by atoms with Gasteiger partial charge in [-0.05, 0) is 31.9 Å². The Bertz CT molecular complexity index is 706. The molecule has 0 N–H and O–H groups in total. The van der Waals surface area contributed by atoms with Gasteiger partial charge in [0.1, 0.15) is 5.82 Å². The van der Waals surface area contributed by atoms with Crippen molar-refractivity contribution in [2.75, 3.05) is 37.7 Å². The summed E-state index contributed by atoms with van der Waals surface area (Å²) < 4.78 is 6.30. The quantitative estimate of drug-likeness (QED) is 0.853. The van der Waals surface area contributed by atoms with Crippen molar-refractivity contribution in [2.45, 2.75) is 31.9 Å². The Morgan fingerprint density at radius 1 is 1.20 bits per heavy atom. The lowest BCUT2D eigenvalue weighted by molar-refractivity contribution is -0.116. The average molecular weight is 339 g/mol. The van der Waals surface area contributed by atoms with E-state index >= 15 is 0 Å². The molecule has 2 fully saturated rings. The molecule has 4 rings (SSSR count). The van der Waals surface area contributed by atoms with Crippen LogP contribution in [-0.2, 0) is 11.3 Å². The minimum atomic E-state index is -0.113. The van der Waals surface area contributed by atoms with Crippen molar-refractivity contribution < 1.29 is 4.74 Å². The fraction of sp³-hybridized carbons (Fsp3) is 0.526. The maximum atomic E-state index is 6.30. The van der Waals surface area contributed by atoms with Gasteiger partial charge in [0.25, 0.3) is 0 Å². The van der Waals surface area contributed by atoms with Gasteiger partial charge in [0.15, 0.2) is 0 Å². The van der Waals surface area contributed by atoms with Gasteiger partial charge in [0, 0.05) is 50.8 Å². The first-order chi connectivity index (χ1) is 12.2. The molecule has 1 unspecified atom stereocenters. The van der Waals surface area contributed by atoms with Gasteiger partial charge in [-0.2, -0.15) is 0 Å². The Kier molecular flexibility index (Phi) is 4.63. The van der Waals surface area contributed by atoms with E-state index < -0.39 is 0 Å². The SMILES string of the molecule is Cc1cccc(CN2CCOC3(CCCN(c4cnccn4)C3)C2)n1. The zero-order valence-corrected chi connectivity index (χ0v) is 14.8. The lowest BCUT2D eigenvalue weighted by Gasteiger charge is -2.48. The first-order valence-electron chi connectivity index (χ1n) is 9.02. The smallest absolute Gasteiger partial charge is 0.147 e. The molecule has 25 heavy (non-hydrogen) atoms. The molecule has 0 aliphatic carbocycles. The van der Waals surface area contributed by atoms with E-state index in [0.29, 0.717) is 0 Å². The number of aryl methyl sites for hydroxylation is 1. The second-order valence-electron chi connectivity index (χ2n) is 7.10. The highest BCUT2D eigenvalue weighted by Gasteiger charge is 2.41. The first kappa shape index (κ1) is 16.4. The van der Waals surface area contributed by atoms with Gasteiger partial charge in [0.05, 0.1) is 24.1 Å². The van der Waals surface area contributed by atoms with Crippen LogP contribution in [0.2, 0.25) is 0 Å². The van der Waals surface area contributed by atoms with E-state index in [4.69, 9.17) is 4.74 Å². The molecular weight excluding hydrogens is 314 g/mol. The molecule has 2 aliphatic rings. The van der Waals surface area contributed by atoms with Crippen molar-refractivity contribution in [3.05, 3.63) is 48.2 Å². The van der Waals surface area contributed by atoms with Crippen LogP contribution in [0, 0.1) is 6.92 Å². The van der Waals surface area contributed by atoms with E-state index in [1.54, 1.807) is 12.4 Å². The van der Waals surface area contributed by atoms with Gasteiger partial charge in [-0.1, -0.05) is 6.07 Å². The number of pyridine rings is 1. The van der Waals surface area contributed by atoms with E-state index in [1.165, 1.54) is 0 Å². The predicted molar refractivity (Wildman–Crippen MR) is 96.4 cm³/mol. The van der Waals surface area contributed by atoms with E-state index in [0.717, 1.165) is 69.4 Å². The molecular formula is C19H25N5O. The summed E-state index contributed by atoms with van der Waals surface area (Å²) in [6.45, 7) is 7.51. The van der Waals surface area contributed by atoms with E-state index in [1.807, 2.05) is 19.2 Å². The Morgan fingerprint density at radius 3 is 3.00 bits per heavy atom. The normalized spacial score (nSPS) is 24.6. The highest BCUT2D eigenvalue weighted by molar-refractivity contribution is 5.36. The summed E-state index contributed by atoms with van der Waals surface area (Å²) in [4.78, 5) is 18.1. The number of piperidine rings is 1. The van der Waals surface area contributed by atoms with Crippen LogP contribution in [0.15, 0.2) is 36.8 Å². The molecule has 6 nitrogen and oxygen atoms in total. The van der Waals surface area contributed by atoms with Crippen LogP contribution in [0.1, 0.15) is 24.2 Å². The third kappa shape index (κ3) is 3.80. The summed E-state index contributed by atoms with van der Waals surface area (Å²) in [6.07, 6.45) is 7.54. The Labute approximate surface area is 148 Å². The van der Waals surface area contributed by atoms with Crippen molar-refractivity contribution in [2.24, 2.45) is 0 Å². The van der Waals surface area contributed by atoms with Gasteiger partial charge in [-0.15, -0.1) is 0 Å². The molecule has 0 aromatic carbocycles. The molecule has 0 amide bonds. The number of aromatic nitrogens is 3. The highest BCUT2D eigenvalue weighted by Crippen LogP contribution is 2.31. The minimum absolute atomic E-state index is 0.113. The largest absolute Gasteiger partial charge is 0.370 e. The van der Waals surface area contributed by atoms with Gasteiger partial charge in [0.2, 0.25) is 0 Å². The van der Waals surface area contributed by atoms with Crippen molar-refractivity contribution in [3.63, 3.8) is 0 Å². The van der Waals surface area contributed by atoms with Crippen molar-refractivity contribution in [3.8, 4) is 0 Å². The van der Waals surface area contributed by atoms with Crippen LogP contribution in [0.3, 0.4) is 0 Å². The number of anilines is 1. The molecule has 1 spiro atoms. The number of ether oxygens (including phenoxy) is 1. The van der Waals surface area contributed by atoms with Gasteiger partial charge in [-0.3, -0.25) is 14.9 Å².